The van der Waals surface area contributed by atoms with E-state index in [0.717, 1.165) is 14.8 Å². The van der Waals surface area contributed by atoms with Crippen molar-refractivity contribution in [1.29, 1.82) is 0 Å². The number of hydrogen-bond donors (Lipinski definition) is 2. The number of aliphatic hydroxyl groups excluding tert-OH is 1. The van der Waals surface area contributed by atoms with Crippen LogP contribution in [0.2, 0.25) is 5.02 Å². The van der Waals surface area contributed by atoms with Crippen LogP contribution in [0, 0.1) is 6.92 Å². The normalized spacial score (nSPS) is 17.5. The molecule has 2 N–H and O–H groups in total. The lowest BCUT2D eigenvalue weighted by Crippen LogP contribution is -2.37. The van der Waals surface area contributed by atoms with Crippen molar-refractivity contribution >= 4 is 50.7 Å². The van der Waals surface area contributed by atoms with E-state index < -0.39 is 40.6 Å². The van der Waals surface area contributed by atoms with Crippen LogP contribution < -0.4 is 24.4 Å². The molecule has 55 heavy (non-hydrogen) atoms. The van der Waals surface area contributed by atoms with Gasteiger partial charge in [0.15, 0.2) is 17.3 Å². The van der Waals surface area contributed by atoms with Crippen molar-refractivity contribution < 1.29 is 51.6 Å². The van der Waals surface area contributed by atoms with E-state index >= 15 is 0 Å². The number of aliphatic hydroxyl groups is 1. The highest BCUT2D eigenvalue weighted by Gasteiger charge is 2.38. The largest absolute Gasteiger partial charge is 0.497 e. The molecule has 286 valence electrons. The fourth-order valence-corrected chi connectivity index (χ4v) is 8.14. The number of benzene rings is 4. The highest BCUT2D eigenvalue weighted by atomic mass is 35.5. The third-order valence-electron chi connectivity index (χ3n) is 9.34. The molecule has 0 spiro atoms. The summed E-state index contributed by atoms with van der Waals surface area (Å²) >= 11 is 6.07. The topological polar surface area (TPSA) is 170 Å². The molecule has 0 saturated carbocycles. The van der Waals surface area contributed by atoms with Crippen LogP contribution >= 0.6 is 11.6 Å². The maximum atomic E-state index is 13.8. The van der Waals surface area contributed by atoms with Crippen molar-refractivity contribution in [2.45, 2.75) is 30.4 Å². The van der Waals surface area contributed by atoms with E-state index in [4.69, 9.17) is 35.3 Å². The van der Waals surface area contributed by atoms with E-state index in [2.05, 4.69) is 5.32 Å². The first-order valence-electron chi connectivity index (χ1n) is 17.2. The molecule has 16 heteroatoms. The van der Waals surface area contributed by atoms with Gasteiger partial charge in [-0.1, -0.05) is 17.7 Å². The van der Waals surface area contributed by atoms with Gasteiger partial charge < -0.3 is 34.1 Å². The van der Waals surface area contributed by atoms with Gasteiger partial charge in [-0.15, -0.1) is 0 Å². The molecular weight excluding hydrogens is 754 g/mol. The first-order valence-corrected chi connectivity index (χ1v) is 19.0. The van der Waals surface area contributed by atoms with E-state index in [1.807, 2.05) is 12.1 Å². The fraction of sp³-hybridized carbons (Fsp3) is 0.256. The van der Waals surface area contributed by atoms with Crippen molar-refractivity contribution in [2.24, 2.45) is 0 Å². The summed E-state index contributed by atoms with van der Waals surface area (Å²) in [7, 11) is -2.52. The van der Waals surface area contributed by atoms with E-state index in [1.165, 1.54) is 43.5 Å². The van der Waals surface area contributed by atoms with Gasteiger partial charge in [0, 0.05) is 36.1 Å². The van der Waals surface area contributed by atoms with Crippen molar-refractivity contribution in [3.05, 3.63) is 118 Å². The lowest BCUT2D eigenvalue weighted by molar-refractivity contribution is -0.143. The summed E-state index contributed by atoms with van der Waals surface area (Å²) in [4.78, 5) is 41.2. The van der Waals surface area contributed by atoms with Gasteiger partial charge in [0.25, 0.3) is 17.7 Å². The van der Waals surface area contributed by atoms with Gasteiger partial charge in [0.05, 0.1) is 42.0 Å². The Morgan fingerprint density at radius 1 is 0.964 bits per heavy atom. The third-order valence-corrected chi connectivity index (χ3v) is 11.5. The number of fused-ring (bicyclic) bond motifs is 2. The number of carbonyl (C=O) groups is 3. The highest BCUT2D eigenvalue weighted by molar-refractivity contribution is 7.89. The Balaban J connectivity index is 1.07. The van der Waals surface area contributed by atoms with Crippen LogP contribution in [-0.2, 0) is 24.3 Å². The Morgan fingerprint density at radius 2 is 1.73 bits per heavy atom. The summed E-state index contributed by atoms with van der Waals surface area (Å²) in [6.07, 6.45) is 0.984. The van der Waals surface area contributed by atoms with Crippen molar-refractivity contribution in [1.82, 2.24) is 4.31 Å². The SMILES string of the molecule is COc1ccc(S(=O)(=O)N(CCO)CCO[C@H]2C[C@@H](c3ccc4c(c3)OCO4)C=C(C(=O)Nc3ccc(N4C(=O)c5ccc(Cl)cc5C4=O)c(C)c3)O2)cc1. The predicted octanol–water partition coefficient (Wildman–Crippen LogP) is 5.24. The van der Waals surface area contributed by atoms with Crippen LogP contribution in [0.5, 0.6) is 17.2 Å². The molecule has 0 aliphatic carbocycles. The van der Waals surface area contributed by atoms with Crippen molar-refractivity contribution in [3.63, 3.8) is 0 Å². The minimum atomic E-state index is -3.99. The molecule has 4 aromatic rings. The molecule has 14 nitrogen and oxygen atoms in total. The Kier molecular flexibility index (Phi) is 10.8. The van der Waals surface area contributed by atoms with Crippen LogP contribution in [0.1, 0.15) is 44.2 Å². The molecule has 3 aliphatic rings. The summed E-state index contributed by atoms with van der Waals surface area (Å²) in [5.74, 6) is -0.344. The molecule has 0 fully saturated rings. The van der Waals surface area contributed by atoms with Gasteiger partial charge in [-0.05, 0) is 96.9 Å². The molecule has 3 amide bonds. The molecule has 4 aromatic carbocycles. The summed E-state index contributed by atoms with van der Waals surface area (Å²) in [5.41, 5.74) is 2.55. The van der Waals surface area contributed by atoms with Gasteiger partial charge in [-0.25, -0.2) is 13.3 Å². The number of rotatable bonds is 13. The summed E-state index contributed by atoms with van der Waals surface area (Å²) < 4.78 is 56.2. The van der Waals surface area contributed by atoms with E-state index in [1.54, 1.807) is 43.3 Å². The first kappa shape index (κ1) is 37.8. The lowest BCUT2D eigenvalue weighted by Gasteiger charge is -2.30. The number of ether oxygens (including phenoxy) is 5. The van der Waals surface area contributed by atoms with Crippen LogP contribution in [0.4, 0.5) is 11.4 Å². The number of methoxy groups -OCH3 is 1. The van der Waals surface area contributed by atoms with Gasteiger partial charge in [0.1, 0.15) is 5.75 Å². The molecular formula is C39H36ClN3O11S. The molecule has 0 aromatic heterocycles. The maximum absolute atomic E-state index is 13.8. The maximum Gasteiger partial charge on any atom is 0.290 e. The molecule has 0 saturated heterocycles. The van der Waals surface area contributed by atoms with Crippen molar-refractivity contribution in [2.75, 3.05) is 50.4 Å². The second-order valence-corrected chi connectivity index (χ2v) is 15.2. The number of carbonyl (C=O) groups excluding carboxylic acids is 3. The molecule has 2 atom stereocenters. The molecule has 0 radical (unpaired) electrons. The second-order valence-electron chi connectivity index (χ2n) is 12.8. The van der Waals surface area contributed by atoms with Gasteiger partial charge in [-0.3, -0.25) is 14.4 Å². The van der Waals surface area contributed by atoms with E-state index in [0.29, 0.717) is 39.2 Å². The molecule has 0 bridgehead atoms. The molecule has 7 rings (SSSR count). The zero-order valence-corrected chi connectivity index (χ0v) is 31.3. The summed E-state index contributed by atoms with van der Waals surface area (Å²) in [6, 6.07) is 20.7. The summed E-state index contributed by atoms with van der Waals surface area (Å²) in [5, 5.41) is 12.8. The zero-order chi connectivity index (χ0) is 38.9. The minimum absolute atomic E-state index is 0.0253. The Labute approximate surface area is 321 Å². The Hall–Kier alpha value is -5.45. The van der Waals surface area contributed by atoms with Crippen LogP contribution in [0.15, 0.2) is 95.6 Å². The van der Waals surface area contributed by atoms with Gasteiger partial charge in [0.2, 0.25) is 23.1 Å². The molecule has 0 unspecified atom stereocenters. The van der Waals surface area contributed by atoms with Gasteiger partial charge >= 0.3 is 0 Å². The zero-order valence-electron chi connectivity index (χ0n) is 29.7. The second kappa shape index (κ2) is 15.7. The number of sulfonamides is 1. The lowest BCUT2D eigenvalue weighted by atomic mass is 9.92. The van der Waals surface area contributed by atoms with Crippen LogP contribution in [0.3, 0.4) is 0 Å². The number of imide groups is 1. The van der Waals surface area contributed by atoms with Gasteiger partial charge in [-0.2, -0.15) is 4.31 Å². The third kappa shape index (κ3) is 7.74. The average molecular weight is 790 g/mol. The minimum Gasteiger partial charge on any atom is -0.497 e. The van der Waals surface area contributed by atoms with E-state index in [9.17, 15) is 27.9 Å². The number of aryl methyl sites for hydroxylation is 1. The fourth-order valence-electron chi connectivity index (χ4n) is 6.55. The van der Waals surface area contributed by atoms with Crippen molar-refractivity contribution in [3.8, 4) is 17.2 Å². The number of anilines is 2. The highest BCUT2D eigenvalue weighted by Crippen LogP contribution is 2.39. The number of halogens is 1. The Bertz CT molecular complexity index is 2300. The Morgan fingerprint density at radius 3 is 2.47 bits per heavy atom. The number of nitrogens with zero attached hydrogens (tertiary/aromatic N) is 2. The first-order chi connectivity index (χ1) is 26.5. The quantitative estimate of drug-likeness (QED) is 0.170. The standard InChI is InChI=1S/C39H36ClN3O11S/c1-23-17-27(5-11-32(23)43-38(46)30-10-4-26(40)21-31(30)39(43)47)41-37(45)35-19-25(24-3-12-33-34(18-24)53-22-52-33)20-36(54-35)51-16-14-42(13-15-44)55(48,49)29-8-6-28(50-2)7-9-29/h3-12,17-19,21,25,36,44H,13-16,20,22H2,1-2H3,(H,41,45)/t25-,36+/m0/s1. The molecule has 3 aliphatic heterocycles. The number of allylic oxidation sites excluding steroid dienone is 1. The van der Waals surface area contributed by atoms with Crippen LogP contribution in [-0.4, -0.2) is 82.0 Å². The monoisotopic (exact) mass is 789 g/mol. The molecule has 3 heterocycles. The average Bonchev–Trinajstić information content (AvgIpc) is 3.75. The smallest absolute Gasteiger partial charge is 0.290 e. The summed E-state index contributed by atoms with van der Waals surface area (Å²) in [6.45, 7) is 0.990. The number of amides is 3. The number of hydrogen-bond acceptors (Lipinski definition) is 11. The van der Waals surface area contributed by atoms with E-state index in [-0.39, 0.29) is 60.6 Å². The number of nitrogens with one attached hydrogen (secondary N) is 1. The predicted molar refractivity (Wildman–Crippen MR) is 200 cm³/mol. The van der Waals surface area contributed by atoms with Crippen LogP contribution in [0.25, 0.3) is 0 Å².